The maximum absolute atomic E-state index is 12.4. The minimum atomic E-state index is -2.91. The van der Waals surface area contributed by atoms with E-state index in [1.54, 1.807) is 12.1 Å². The number of carbonyl (C=O) groups is 1. The summed E-state index contributed by atoms with van der Waals surface area (Å²) in [6.07, 6.45) is 5.06. The van der Waals surface area contributed by atoms with Crippen molar-refractivity contribution in [3.8, 4) is 5.75 Å². The standard InChI is InChI=1S/C17H21BrF2N2O2/c1-22-8-2-3-12(11-22)10-21-16(23)7-4-13-9-14(18)5-6-15(13)24-17(19)20/h4-7,9,12,17H,2-3,8,10-11H2,1H3,(H,21,23)/b7-4+. The molecule has 1 saturated heterocycles. The highest BCUT2D eigenvalue weighted by Crippen LogP contribution is 2.26. The Kier molecular flexibility index (Phi) is 7.17. The van der Waals surface area contributed by atoms with E-state index in [1.807, 2.05) is 0 Å². The van der Waals surface area contributed by atoms with Crippen LogP contribution in [0.1, 0.15) is 18.4 Å². The maximum atomic E-state index is 12.4. The van der Waals surface area contributed by atoms with Crippen molar-refractivity contribution in [2.24, 2.45) is 5.92 Å². The molecule has 1 unspecified atom stereocenters. The summed E-state index contributed by atoms with van der Waals surface area (Å²) in [7, 11) is 2.08. The average molecular weight is 403 g/mol. The quantitative estimate of drug-likeness (QED) is 0.740. The van der Waals surface area contributed by atoms with E-state index < -0.39 is 6.61 Å². The molecular weight excluding hydrogens is 382 g/mol. The molecule has 1 N–H and O–H groups in total. The van der Waals surface area contributed by atoms with Gasteiger partial charge in [-0.05, 0) is 56.6 Å². The van der Waals surface area contributed by atoms with Crippen LogP contribution in [0.4, 0.5) is 8.78 Å². The van der Waals surface area contributed by atoms with Gasteiger partial charge in [0.1, 0.15) is 5.75 Å². The number of likely N-dealkylation sites (tertiary alicyclic amines) is 1. The molecular formula is C17H21BrF2N2O2. The monoisotopic (exact) mass is 402 g/mol. The van der Waals surface area contributed by atoms with Crippen LogP contribution in [-0.2, 0) is 4.79 Å². The van der Waals surface area contributed by atoms with Crippen LogP contribution in [-0.4, -0.2) is 44.1 Å². The van der Waals surface area contributed by atoms with E-state index in [0.717, 1.165) is 30.4 Å². The van der Waals surface area contributed by atoms with Gasteiger partial charge >= 0.3 is 6.61 Å². The number of rotatable bonds is 6. The molecule has 4 nitrogen and oxygen atoms in total. The van der Waals surface area contributed by atoms with Gasteiger partial charge < -0.3 is 15.0 Å². The average Bonchev–Trinajstić information content (AvgIpc) is 2.53. The van der Waals surface area contributed by atoms with Crippen molar-refractivity contribution >= 4 is 27.9 Å². The van der Waals surface area contributed by atoms with E-state index in [2.05, 4.69) is 37.9 Å². The third kappa shape index (κ3) is 6.20. The molecule has 1 fully saturated rings. The Balaban J connectivity index is 1.92. The van der Waals surface area contributed by atoms with E-state index in [4.69, 9.17) is 0 Å². The fourth-order valence-corrected chi connectivity index (χ4v) is 3.14. The van der Waals surface area contributed by atoms with Crippen LogP contribution in [0, 0.1) is 5.92 Å². The zero-order chi connectivity index (χ0) is 17.5. The first kappa shape index (κ1) is 18.9. The highest BCUT2D eigenvalue weighted by Gasteiger charge is 2.17. The van der Waals surface area contributed by atoms with Crippen LogP contribution in [0.2, 0.25) is 0 Å². The second-order valence-corrected chi connectivity index (χ2v) is 6.83. The second-order valence-electron chi connectivity index (χ2n) is 5.91. The van der Waals surface area contributed by atoms with Crippen molar-refractivity contribution in [1.82, 2.24) is 10.2 Å². The van der Waals surface area contributed by atoms with E-state index in [0.29, 0.717) is 18.0 Å². The van der Waals surface area contributed by atoms with E-state index in [-0.39, 0.29) is 11.7 Å². The largest absolute Gasteiger partial charge is 0.434 e. The molecule has 2 rings (SSSR count). The Labute approximate surface area is 149 Å². The predicted molar refractivity (Wildman–Crippen MR) is 93.0 cm³/mol. The molecule has 0 bridgehead atoms. The number of nitrogens with zero attached hydrogens (tertiary/aromatic N) is 1. The van der Waals surface area contributed by atoms with Gasteiger partial charge in [-0.1, -0.05) is 15.9 Å². The number of amides is 1. The van der Waals surface area contributed by atoms with E-state index >= 15 is 0 Å². The summed E-state index contributed by atoms with van der Waals surface area (Å²) in [5.41, 5.74) is 0.414. The number of carbonyl (C=O) groups excluding carboxylic acids is 1. The van der Waals surface area contributed by atoms with Crippen LogP contribution < -0.4 is 10.1 Å². The Morgan fingerprint density at radius 2 is 2.33 bits per heavy atom. The van der Waals surface area contributed by atoms with Gasteiger partial charge in [0.25, 0.3) is 0 Å². The second kappa shape index (κ2) is 9.13. The summed E-state index contributed by atoms with van der Waals surface area (Å²) in [6.45, 7) is -0.218. The highest BCUT2D eigenvalue weighted by atomic mass is 79.9. The van der Waals surface area contributed by atoms with Crippen molar-refractivity contribution in [2.75, 3.05) is 26.7 Å². The Bertz CT molecular complexity index is 596. The highest BCUT2D eigenvalue weighted by molar-refractivity contribution is 9.10. The zero-order valence-corrected chi connectivity index (χ0v) is 15.1. The van der Waals surface area contributed by atoms with Crippen molar-refractivity contribution in [1.29, 1.82) is 0 Å². The van der Waals surface area contributed by atoms with Gasteiger partial charge in [0.05, 0.1) is 0 Å². The lowest BCUT2D eigenvalue weighted by Crippen LogP contribution is -2.38. The SMILES string of the molecule is CN1CCCC(CNC(=O)/C=C/c2cc(Br)ccc2OC(F)F)C1. The Hall–Kier alpha value is -1.47. The first-order valence-corrected chi connectivity index (χ1v) is 8.62. The maximum Gasteiger partial charge on any atom is 0.387 e. The summed E-state index contributed by atoms with van der Waals surface area (Å²) in [6, 6.07) is 4.66. The van der Waals surface area contributed by atoms with Crippen molar-refractivity contribution < 1.29 is 18.3 Å². The van der Waals surface area contributed by atoms with Gasteiger partial charge in [-0.2, -0.15) is 8.78 Å². The molecule has 1 aromatic carbocycles. The minimum Gasteiger partial charge on any atom is -0.434 e. The summed E-state index contributed by atoms with van der Waals surface area (Å²) in [5, 5.41) is 2.86. The number of benzene rings is 1. The van der Waals surface area contributed by atoms with Crippen molar-refractivity contribution in [3.63, 3.8) is 0 Å². The first-order chi connectivity index (χ1) is 11.4. The molecule has 0 spiro atoms. The molecule has 0 radical (unpaired) electrons. The Morgan fingerprint density at radius 1 is 1.54 bits per heavy atom. The molecule has 0 aliphatic carbocycles. The smallest absolute Gasteiger partial charge is 0.387 e. The zero-order valence-electron chi connectivity index (χ0n) is 13.5. The number of hydrogen-bond acceptors (Lipinski definition) is 3. The van der Waals surface area contributed by atoms with E-state index in [9.17, 15) is 13.6 Å². The van der Waals surface area contributed by atoms with Gasteiger partial charge in [-0.15, -0.1) is 0 Å². The van der Waals surface area contributed by atoms with Gasteiger partial charge in [0.2, 0.25) is 5.91 Å². The third-order valence-corrected chi connectivity index (χ3v) is 4.38. The lowest BCUT2D eigenvalue weighted by atomic mass is 9.98. The van der Waals surface area contributed by atoms with Crippen LogP contribution in [0.5, 0.6) is 5.75 Å². The van der Waals surface area contributed by atoms with Crippen LogP contribution in [0.25, 0.3) is 6.08 Å². The molecule has 24 heavy (non-hydrogen) atoms. The molecule has 0 aromatic heterocycles. The van der Waals surface area contributed by atoms with Gasteiger partial charge in [0.15, 0.2) is 0 Å². The van der Waals surface area contributed by atoms with Crippen molar-refractivity contribution in [2.45, 2.75) is 19.5 Å². The Morgan fingerprint density at radius 3 is 3.04 bits per heavy atom. The van der Waals surface area contributed by atoms with Gasteiger partial charge in [0, 0.05) is 29.2 Å². The number of alkyl halides is 2. The van der Waals surface area contributed by atoms with Crippen LogP contribution >= 0.6 is 15.9 Å². The molecule has 1 amide bonds. The molecule has 1 heterocycles. The van der Waals surface area contributed by atoms with E-state index in [1.165, 1.54) is 18.2 Å². The number of ether oxygens (including phenoxy) is 1. The lowest BCUT2D eigenvalue weighted by molar-refractivity contribution is -0.116. The molecule has 1 atom stereocenters. The first-order valence-electron chi connectivity index (χ1n) is 7.83. The predicted octanol–water partition coefficient (Wildman–Crippen LogP) is 3.52. The fourth-order valence-electron chi connectivity index (χ4n) is 2.76. The van der Waals surface area contributed by atoms with Crippen molar-refractivity contribution in [3.05, 3.63) is 34.3 Å². The third-order valence-electron chi connectivity index (χ3n) is 3.89. The van der Waals surface area contributed by atoms with Crippen LogP contribution in [0.3, 0.4) is 0 Å². The summed E-state index contributed by atoms with van der Waals surface area (Å²) >= 11 is 3.28. The number of piperidine rings is 1. The fraction of sp³-hybridized carbons (Fsp3) is 0.471. The van der Waals surface area contributed by atoms with Gasteiger partial charge in [-0.25, -0.2) is 0 Å². The number of hydrogen-bond donors (Lipinski definition) is 1. The molecule has 1 aromatic rings. The molecule has 1 aliphatic heterocycles. The molecule has 0 saturated carbocycles. The summed E-state index contributed by atoms with van der Waals surface area (Å²) < 4.78 is 30.0. The topological polar surface area (TPSA) is 41.6 Å². The number of nitrogens with one attached hydrogen (secondary N) is 1. The minimum absolute atomic E-state index is 0.0335. The normalized spacial score (nSPS) is 19.0. The molecule has 1 aliphatic rings. The van der Waals surface area contributed by atoms with Crippen LogP contribution in [0.15, 0.2) is 28.7 Å². The molecule has 7 heteroatoms. The lowest BCUT2D eigenvalue weighted by Gasteiger charge is -2.29. The summed E-state index contributed by atoms with van der Waals surface area (Å²) in [5.74, 6) is 0.238. The van der Waals surface area contributed by atoms with Gasteiger partial charge in [-0.3, -0.25) is 4.79 Å². The number of halogens is 3. The summed E-state index contributed by atoms with van der Waals surface area (Å²) in [4.78, 5) is 14.2. The molecule has 132 valence electrons.